The topological polar surface area (TPSA) is 98.9 Å². The molecule has 5 rings (SSSR count). The molecule has 1 amide bonds. The first-order chi connectivity index (χ1) is 13.7. The number of hydrogen-bond acceptors (Lipinski definition) is 6. The summed E-state index contributed by atoms with van der Waals surface area (Å²) in [5.74, 6) is 1.48. The highest BCUT2D eigenvalue weighted by Crippen LogP contribution is 2.30. The number of nitrogen functional groups attached to an aromatic ring is 1. The lowest BCUT2D eigenvalue weighted by atomic mass is 9.94. The molecule has 5 heterocycles. The van der Waals surface area contributed by atoms with Crippen molar-refractivity contribution in [3.05, 3.63) is 36.2 Å². The third-order valence-corrected chi connectivity index (χ3v) is 5.60. The average Bonchev–Trinajstić information content (AvgIpc) is 3.48. The molecule has 2 fully saturated rings. The van der Waals surface area contributed by atoms with Crippen LogP contribution in [0, 0.1) is 0 Å². The molecule has 0 saturated carbocycles. The minimum atomic E-state index is -0.273. The van der Waals surface area contributed by atoms with Crippen LogP contribution in [0.3, 0.4) is 0 Å². The van der Waals surface area contributed by atoms with Crippen molar-refractivity contribution in [2.45, 2.75) is 37.7 Å². The van der Waals surface area contributed by atoms with E-state index in [9.17, 15) is 4.79 Å². The first-order valence-corrected chi connectivity index (χ1v) is 9.79. The summed E-state index contributed by atoms with van der Waals surface area (Å²) in [4.78, 5) is 19.4. The van der Waals surface area contributed by atoms with Gasteiger partial charge in [0.2, 0.25) is 0 Å². The zero-order valence-corrected chi connectivity index (χ0v) is 15.6. The van der Waals surface area contributed by atoms with Crippen LogP contribution < -0.4 is 5.73 Å². The van der Waals surface area contributed by atoms with Crippen LogP contribution >= 0.6 is 0 Å². The summed E-state index contributed by atoms with van der Waals surface area (Å²) in [5, 5.41) is 4.49. The maximum Gasteiger partial charge on any atom is 0.251 e. The van der Waals surface area contributed by atoms with Gasteiger partial charge in [-0.2, -0.15) is 9.61 Å². The fourth-order valence-corrected chi connectivity index (χ4v) is 4.17. The average molecular weight is 381 g/mol. The Morgan fingerprint density at radius 3 is 2.96 bits per heavy atom. The minimum absolute atomic E-state index is 0.112. The highest BCUT2D eigenvalue weighted by Gasteiger charge is 2.32. The fourth-order valence-electron chi connectivity index (χ4n) is 4.17. The van der Waals surface area contributed by atoms with E-state index < -0.39 is 0 Å². The number of rotatable bonds is 3. The molecule has 3 aromatic heterocycles. The van der Waals surface area contributed by atoms with Crippen LogP contribution in [0.4, 0.5) is 5.82 Å². The van der Waals surface area contributed by atoms with Crippen molar-refractivity contribution in [1.82, 2.24) is 19.5 Å². The molecule has 28 heavy (non-hydrogen) atoms. The summed E-state index contributed by atoms with van der Waals surface area (Å²) in [6.45, 7) is 2.12. The van der Waals surface area contributed by atoms with E-state index in [2.05, 4.69) is 5.10 Å². The van der Waals surface area contributed by atoms with Crippen molar-refractivity contribution in [3.63, 3.8) is 0 Å². The Kier molecular flexibility index (Phi) is 4.27. The molecule has 0 radical (unpaired) electrons. The molecule has 0 spiro atoms. The summed E-state index contributed by atoms with van der Waals surface area (Å²) < 4.78 is 12.6. The maximum absolute atomic E-state index is 12.7. The number of furan rings is 1. The van der Waals surface area contributed by atoms with Gasteiger partial charge in [-0.3, -0.25) is 4.79 Å². The Labute approximate surface area is 162 Å². The maximum atomic E-state index is 12.7. The van der Waals surface area contributed by atoms with E-state index in [-0.39, 0.29) is 17.9 Å². The van der Waals surface area contributed by atoms with Gasteiger partial charge in [0, 0.05) is 37.7 Å². The Bertz CT molecular complexity index is 991. The lowest BCUT2D eigenvalue weighted by Gasteiger charge is -2.34. The number of ether oxygens (including phenoxy) is 1. The molecule has 146 valence electrons. The second-order valence-corrected chi connectivity index (χ2v) is 7.51. The van der Waals surface area contributed by atoms with Gasteiger partial charge in [-0.1, -0.05) is 0 Å². The first kappa shape index (κ1) is 17.2. The molecular weight excluding hydrogens is 358 g/mol. The molecule has 0 aliphatic carbocycles. The van der Waals surface area contributed by atoms with Gasteiger partial charge >= 0.3 is 0 Å². The Morgan fingerprint density at radius 2 is 2.18 bits per heavy atom. The van der Waals surface area contributed by atoms with Gasteiger partial charge in [0.1, 0.15) is 17.6 Å². The Balaban J connectivity index is 1.41. The van der Waals surface area contributed by atoms with Crippen LogP contribution in [-0.4, -0.2) is 51.2 Å². The van der Waals surface area contributed by atoms with Crippen LogP contribution in [0.5, 0.6) is 0 Å². The Hall–Kier alpha value is -2.87. The molecular formula is C20H23N5O3. The largest absolute Gasteiger partial charge is 0.463 e. The van der Waals surface area contributed by atoms with Gasteiger partial charge in [-0.15, -0.1) is 0 Å². The number of anilines is 1. The van der Waals surface area contributed by atoms with Crippen molar-refractivity contribution in [2.75, 3.05) is 25.4 Å². The highest BCUT2D eigenvalue weighted by atomic mass is 16.5. The molecule has 8 nitrogen and oxygen atoms in total. The standard InChI is InChI=1S/C20H23N5O3/c21-18-10-14(22-19-11-15(23-25(18)19)16-5-2-8-27-16)13-4-1-7-24(12-13)20(26)17-6-3-9-28-17/h2,5,8,10-11,13,17H,1,3-4,6-7,9,12,21H2/t13-,17+/m1/s1. The quantitative estimate of drug-likeness (QED) is 0.748. The van der Waals surface area contributed by atoms with Crippen molar-refractivity contribution >= 4 is 17.4 Å². The van der Waals surface area contributed by atoms with Crippen molar-refractivity contribution in [1.29, 1.82) is 0 Å². The van der Waals surface area contributed by atoms with E-state index in [1.807, 2.05) is 29.2 Å². The number of piperidine rings is 1. The normalized spacial score (nSPS) is 22.8. The zero-order chi connectivity index (χ0) is 19.1. The van der Waals surface area contributed by atoms with Crippen molar-refractivity contribution in [3.8, 4) is 11.5 Å². The van der Waals surface area contributed by atoms with Crippen LogP contribution in [-0.2, 0) is 9.53 Å². The number of nitrogens with zero attached hydrogens (tertiary/aromatic N) is 4. The van der Waals surface area contributed by atoms with E-state index >= 15 is 0 Å². The number of amides is 1. The molecule has 2 N–H and O–H groups in total. The molecule has 0 unspecified atom stereocenters. The molecule has 3 aromatic rings. The van der Waals surface area contributed by atoms with Crippen LogP contribution in [0.25, 0.3) is 17.1 Å². The number of carbonyl (C=O) groups is 1. The van der Waals surface area contributed by atoms with Crippen molar-refractivity contribution in [2.24, 2.45) is 0 Å². The van der Waals surface area contributed by atoms with Gasteiger partial charge < -0.3 is 19.8 Å². The van der Waals surface area contributed by atoms with E-state index in [4.69, 9.17) is 19.9 Å². The number of hydrogen-bond donors (Lipinski definition) is 1. The summed E-state index contributed by atoms with van der Waals surface area (Å²) in [7, 11) is 0. The first-order valence-electron chi connectivity index (χ1n) is 9.79. The van der Waals surface area contributed by atoms with Crippen molar-refractivity contribution < 1.29 is 13.9 Å². The summed E-state index contributed by atoms with van der Waals surface area (Å²) >= 11 is 0. The van der Waals surface area contributed by atoms with Gasteiger partial charge in [0.15, 0.2) is 11.4 Å². The van der Waals surface area contributed by atoms with E-state index in [0.717, 1.165) is 37.9 Å². The fraction of sp³-hybridized carbons (Fsp3) is 0.450. The monoisotopic (exact) mass is 381 g/mol. The molecule has 0 aromatic carbocycles. The van der Waals surface area contributed by atoms with E-state index in [1.165, 1.54) is 0 Å². The minimum Gasteiger partial charge on any atom is -0.463 e. The number of fused-ring (bicyclic) bond motifs is 1. The second kappa shape index (κ2) is 6.94. The predicted octanol–water partition coefficient (Wildman–Crippen LogP) is 2.46. The second-order valence-electron chi connectivity index (χ2n) is 7.51. The molecule has 0 bridgehead atoms. The lowest BCUT2D eigenvalue weighted by molar-refractivity contribution is -0.142. The number of likely N-dealkylation sites (tertiary alicyclic amines) is 1. The van der Waals surface area contributed by atoms with E-state index in [1.54, 1.807) is 10.8 Å². The van der Waals surface area contributed by atoms with Gasteiger partial charge in [0.05, 0.1) is 12.0 Å². The lowest BCUT2D eigenvalue weighted by Crippen LogP contribution is -2.44. The smallest absolute Gasteiger partial charge is 0.251 e. The van der Waals surface area contributed by atoms with Gasteiger partial charge in [-0.05, 0) is 37.8 Å². The third-order valence-electron chi connectivity index (χ3n) is 5.60. The molecule has 2 saturated heterocycles. The number of aromatic nitrogens is 3. The van der Waals surface area contributed by atoms with Gasteiger partial charge in [-0.25, -0.2) is 4.98 Å². The van der Waals surface area contributed by atoms with Crippen LogP contribution in [0.2, 0.25) is 0 Å². The summed E-state index contributed by atoms with van der Waals surface area (Å²) in [6, 6.07) is 7.42. The van der Waals surface area contributed by atoms with Gasteiger partial charge in [0.25, 0.3) is 5.91 Å². The predicted molar refractivity (Wildman–Crippen MR) is 103 cm³/mol. The SMILES string of the molecule is Nc1cc([C@@H]2CCCN(C(=O)[C@@H]3CCCO3)C2)nc2cc(-c3ccco3)nn12. The number of carbonyl (C=O) groups excluding carboxylic acids is 1. The van der Waals surface area contributed by atoms with Crippen LogP contribution in [0.1, 0.15) is 37.3 Å². The zero-order valence-electron chi connectivity index (χ0n) is 15.6. The Morgan fingerprint density at radius 1 is 1.25 bits per heavy atom. The summed E-state index contributed by atoms with van der Waals surface area (Å²) in [6.07, 6.45) is 5.06. The molecule has 2 aliphatic heterocycles. The molecule has 8 heteroatoms. The third kappa shape index (κ3) is 3.03. The molecule has 2 aliphatic rings. The van der Waals surface area contributed by atoms with E-state index in [0.29, 0.717) is 36.1 Å². The summed E-state index contributed by atoms with van der Waals surface area (Å²) in [5.41, 5.74) is 8.54. The number of nitrogens with two attached hydrogens (primary N) is 1. The highest BCUT2D eigenvalue weighted by molar-refractivity contribution is 5.81. The molecule has 2 atom stereocenters. The van der Waals surface area contributed by atoms with Crippen LogP contribution in [0.15, 0.2) is 34.9 Å².